The third kappa shape index (κ3) is 4.53. The molecule has 5 rings (SSSR count). The van der Waals surface area contributed by atoms with Gasteiger partial charge in [0.25, 0.3) is 0 Å². The van der Waals surface area contributed by atoms with E-state index < -0.39 is 5.91 Å². The maximum absolute atomic E-state index is 11.3. The second-order valence-corrected chi connectivity index (χ2v) is 9.41. The Kier molecular flexibility index (Phi) is 6.17. The molecule has 0 aliphatic carbocycles. The number of benzene rings is 1. The summed E-state index contributed by atoms with van der Waals surface area (Å²) in [6.07, 6.45) is 9.84. The fourth-order valence-corrected chi connectivity index (χ4v) is 5.50. The van der Waals surface area contributed by atoms with Crippen LogP contribution in [0.5, 0.6) is 0 Å². The summed E-state index contributed by atoms with van der Waals surface area (Å²) in [5.74, 6) is 1.06. The molecule has 3 aromatic rings. The van der Waals surface area contributed by atoms with E-state index in [0.717, 1.165) is 39.0 Å². The monoisotopic (exact) mass is 446 g/mol. The van der Waals surface area contributed by atoms with Crippen molar-refractivity contribution in [3.05, 3.63) is 58.9 Å². The topological polar surface area (TPSA) is 83.7 Å². The Balaban J connectivity index is 1.17. The maximum Gasteiger partial charge on any atom is 0.319 e. The predicted octanol–water partition coefficient (Wildman–Crippen LogP) is 3.97. The Labute approximate surface area is 193 Å². The molecule has 2 aliphatic heterocycles. The van der Waals surface area contributed by atoms with Gasteiger partial charge in [-0.05, 0) is 55.7 Å². The molecule has 0 saturated carbocycles. The summed E-state index contributed by atoms with van der Waals surface area (Å²) in [4.78, 5) is 35.1. The molecule has 2 aromatic heterocycles. The summed E-state index contributed by atoms with van der Waals surface area (Å²) in [6, 6.07) is 8.74. The number of anilines is 1. The minimum Gasteiger partial charge on any atom is -0.350 e. The lowest BCUT2D eigenvalue weighted by molar-refractivity contribution is 0.1000. The molecule has 1 unspecified atom stereocenters. The zero-order valence-electron chi connectivity index (χ0n) is 19.1. The largest absolute Gasteiger partial charge is 0.350 e. The van der Waals surface area contributed by atoms with Crippen molar-refractivity contribution in [3.8, 4) is 0 Å². The van der Waals surface area contributed by atoms with E-state index in [2.05, 4.69) is 67.0 Å². The third-order valence-electron chi connectivity index (χ3n) is 7.25. The Hall–Kier alpha value is -3.13. The molecule has 8 nitrogen and oxygen atoms in total. The lowest BCUT2D eigenvalue weighted by Gasteiger charge is -2.38. The van der Waals surface area contributed by atoms with Crippen LogP contribution in [0.1, 0.15) is 47.5 Å². The van der Waals surface area contributed by atoms with Gasteiger partial charge in [0, 0.05) is 67.9 Å². The van der Waals surface area contributed by atoms with Crippen LogP contribution in [0.2, 0.25) is 0 Å². The minimum absolute atomic E-state index is 0.134. The molecule has 0 spiro atoms. The van der Waals surface area contributed by atoms with Gasteiger partial charge >= 0.3 is 5.91 Å². The van der Waals surface area contributed by atoms with Crippen LogP contribution in [0.15, 0.2) is 48.0 Å². The number of carbonyl (C=O) groups is 1. The average Bonchev–Trinajstić information content (AvgIpc) is 3.21. The van der Waals surface area contributed by atoms with Gasteiger partial charge in [0.15, 0.2) is 0 Å². The van der Waals surface area contributed by atoms with E-state index in [0.29, 0.717) is 17.8 Å². The fourth-order valence-electron chi connectivity index (χ4n) is 5.50. The van der Waals surface area contributed by atoms with Crippen LogP contribution in [0.4, 0.5) is 5.95 Å². The lowest BCUT2D eigenvalue weighted by atomic mass is 9.89. The number of likely N-dealkylation sites (tertiary alicyclic amines) is 1. The zero-order valence-corrected chi connectivity index (χ0v) is 19.1. The second-order valence-electron chi connectivity index (χ2n) is 9.41. The van der Waals surface area contributed by atoms with Crippen LogP contribution < -0.4 is 4.90 Å². The quantitative estimate of drug-likeness (QED) is 0.552. The number of carbonyl (C=O) groups excluding carboxylic acids is 1. The van der Waals surface area contributed by atoms with Gasteiger partial charge in [-0.3, -0.25) is 4.79 Å². The molecule has 2 fully saturated rings. The number of para-hydroxylation sites is 1. The summed E-state index contributed by atoms with van der Waals surface area (Å²) in [6.45, 7) is 5.28. The van der Waals surface area contributed by atoms with Gasteiger partial charge in [0.2, 0.25) is 5.95 Å². The first kappa shape index (κ1) is 21.7. The number of nitrogens with zero attached hydrogens (tertiary/aromatic N) is 6. The number of hydrogen-bond acceptors (Lipinski definition) is 6. The fraction of sp³-hybridized carbons (Fsp3) is 0.480. The van der Waals surface area contributed by atoms with Crippen molar-refractivity contribution in [1.29, 1.82) is 0 Å². The smallest absolute Gasteiger partial charge is 0.319 e. The first-order valence-electron chi connectivity index (χ1n) is 11.8. The van der Waals surface area contributed by atoms with E-state index >= 15 is 0 Å². The second kappa shape index (κ2) is 9.39. The van der Waals surface area contributed by atoms with Crippen molar-refractivity contribution < 1.29 is 4.79 Å². The van der Waals surface area contributed by atoms with Crippen LogP contribution in [0.25, 0.3) is 10.9 Å². The number of aryl methyl sites for hydroxylation is 1. The van der Waals surface area contributed by atoms with E-state index in [1.54, 1.807) is 0 Å². The normalized spacial score (nSPS) is 20.3. The molecule has 0 bridgehead atoms. The zero-order chi connectivity index (χ0) is 22.8. The Bertz CT molecular complexity index is 1130. The van der Waals surface area contributed by atoms with Crippen LogP contribution in [0.3, 0.4) is 0 Å². The van der Waals surface area contributed by atoms with E-state index in [1.165, 1.54) is 48.2 Å². The van der Waals surface area contributed by atoms with Gasteiger partial charge in [-0.25, -0.2) is 9.97 Å². The van der Waals surface area contributed by atoms with Crippen molar-refractivity contribution >= 4 is 22.8 Å². The SMILES string of the molecule is Cn1cc(C2CCCN(CC3CCN(c4ncc(C(=O)N=O)cn4)CC3)C2)c2ccccc21. The van der Waals surface area contributed by atoms with E-state index in [9.17, 15) is 9.70 Å². The van der Waals surface area contributed by atoms with Gasteiger partial charge < -0.3 is 14.4 Å². The predicted molar refractivity (Wildman–Crippen MR) is 128 cm³/mol. The van der Waals surface area contributed by atoms with Crippen molar-refractivity contribution in [2.75, 3.05) is 37.6 Å². The number of amides is 1. The van der Waals surface area contributed by atoms with Gasteiger partial charge in [-0.2, -0.15) is 0 Å². The number of piperidine rings is 2. The summed E-state index contributed by atoms with van der Waals surface area (Å²) < 4.78 is 2.26. The first-order chi connectivity index (χ1) is 16.1. The molecular formula is C25H30N6O2. The maximum atomic E-state index is 11.3. The Morgan fingerprint density at radius 1 is 1.09 bits per heavy atom. The summed E-state index contributed by atoms with van der Waals surface area (Å²) in [5.41, 5.74) is 2.95. The molecule has 1 aromatic carbocycles. The summed E-state index contributed by atoms with van der Waals surface area (Å²) >= 11 is 0. The summed E-state index contributed by atoms with van der Waals surface area (Å²) in [5, 5.41) is 3.82. The van der Waals surface area contributed by atoms with Crippen LogP contribution >= 0.6 is 0 Å². The number of aromatic nitrogens is 3. The van der Waals surface area contributed by atoms with Crippen LogP contribution in [-0.2, 0) is 7.05 Å². The number of rotatable bonds is 5. The van der Waals surface area contributed by atoms with Crippen molar-refractivity contribution in [3.63, 3.8) is 0 Å². The highest BCUT2D eigenvalue weighted by Gasteiger charge is 2.28. The average molecular weight is 447 g/mol. The molecular weight excluding hydrogens is 416 g/mol. The Morgan fingerprint density at radius 3 is 2.61 bits per heavy atom. The first-order valence-corrected chi connectivity index (χ1v) is 11.8. The molecule has 4 heterocycles. The molecule has 0 N–H and O–H groups in total. The van der Waals surface area contributed by atoms with Crippen molar-refractivity contribution in [2.45, 2.75) is 31.6 Å². The Morgan fingerprint density at radius 2 is 1.85 bits per heavy atom. The molecule has 172 valence electrons. The number of fused-ring (bicyclic) bond motifs is 1. The molecule has 2 saturated heterocycles. The molecule has 0 radical (unpaired) electrons. The van der Waals surface area contributed by atoms with Crippen molar-refractivity contribution in [2.24, 2.45) is 18.1 Å². The van der Waals surface area contributed by atoms with E-state index in [-0.39, 0.29) is 5.56 Å². The third-order valence-corrected chi connectivity index (χ3v) is 7.25. The number of hydrogen-bond donors (Lipinski definition) is 0. The van der Waals surface area contributed by atoms with E-state index in [4.69, 9.17) is 0 Å². The highest BCUT2D eigenvalue weighted by Crippen LogP contribution is 2.34. The molecule has 1 amide bonds. The van der Waals surface area contributed by atoms with E-state index in [1.807, 2.05) is 0 Å². The molecule has 2 aliphatic rings. The van der Waals surface area contributed by atoms with Crippen LogP contribution in [-0.4, -0.2) is 58.1 Å². The molecule has 1 atom stereocenters. The van der Waals surface area contributed by atoms with Gasteiger partial charge in [-0.15, -0.1) is 4.91 Å². The molecule has 8 heteroatoms. The highest BCUT2D eigenvalue weighted by molar-refractivity contribution is 5.94. The van der Waals surface area contributed by atoms with Crippen LogP contribution in [0, 0.1) is 10.8 Å². The van der Waals surface area contributed by atoms with Gasteiger partial charge in [0.1, 0.15) is 0 Å². The van der Waals surface area contributed by atoms with Gasteiger partial charge in [0.05, 0.1) is 5.56 Å². The summed E-state index contributed by atoms with van der Waals surface area (Å²) in [7, 11) is 2.15. The minimum atomic E-state index is -0.830. The lowest BCUT2D eigenvalue weighted by Crippen LogP contribution is -2.42. The number of nitroso groups, excluding NO2 is 1. The highest BCUT2D eigenvalue weighted by atomic mass is 16.3. The standard InChI is InChI=1S/C25H30N6O2/c1-29-17-22(21-6-2-3-7-23(21)29)19-5-4-10-30(16-19)15-18-8-11-31(12-9-18)25-26-13-20(14-27-25)24(32)28-33/h2-3,6-7,13-14,17-19H,4-5,8-12,15-16H2,1H3. The van der Waals surface area contributed by atoms with Crippen molar-refractivity contribution in [1.82, 2.24) is 19.4 Å². The van der Waals surface area contributed by atoms with Gasteiger partial charge in [-0.1, -0.05) is 18.2 Å². The molecule has 33 heavy (non-hydrogen) atoms.